The lowest BCUT2D eigenvalue weighted by Crippen LogP contribution is -2.11. The van der Waals surface area contributed by atoms with Crippen LogP contribution in [0.4, 0.5) is 17.6 Å². The first-order valence-corrected chi connectivity index (χ1v) is 8.63. The molecule has 0 fully saturated rings. The van der Waals surface area contributed by atoms with Crippen molar-refractivity contribution < 1.29 is 31.6 Å². The summed E-state index contributed by atoms with van der Waals surface area (Å²) in [6, 6.07) is 8.51. The normalized spacial score (nSPS) is 11.5. The average Bonchev–Trinajstić information content (AvgIpc) is 3.05. The van der Waals surface area contributed by atoms with E-state index in [0.717, 1.165) is 0 Å². The van der Waals surface area contributed by atoms with Gasteiger partial charge in [-0.1, -0.05) is 5.16 Å². The molecule has 0 N–H and O–H groups in total. The number of nitrogens with zero attached hydrogens (tertiary/aromatic N) is 2. The van der Waals surface area contributed by atoms with E-state index in [1.807, 2.05) is 0 Å². The van der Waals surface area contributed by atoms with E-state index in [4.69, 9.17) is 9.26 Å². The van der Waals surface area contributed by atoms with E-state index in [1.165, 1.54) is 30.5 Å². The highest BCUT2D eigenvalue weighted by Gasteiger charge is 2.28. The molecule has 2 aromatic heterocycles. The van der Waals surface area contributed by atoms with E-state index in [0.29, 0.717) is 22.6 Å². The lowest BCUT2D eigenvalue weighted by Gasteiger charge is -2.08. The smallest absolute Gasteiger partial charge is 0.389 e. The lowest BCUT2D eigenvalue weighted by molar-refractivity contribution is -0.133. The predicted octanol–water partition coefficient (Wildman–Crippen LogP) is 5.29. The SMILES string of the molecule is Cc1onc(-c2ccc(F)cc2)c1COc1ccc(C(=O)CCC(F)(F)F)cn1. The van der Waals surface area contributed by atoms with Crippen LogP contribution in [0.3, 0.4) is 0 Å². The van der Waals surface area contributed by atoms with Crippen LogP contribution < -0.4 is 4.74 Å². The van der Waals surface area contributed by atoms with Gasteiger partial charge in [-0.3, -0.25) is 4.79 Å². The van der Waals surface area contributed by atoms with E-state index in [9.17, 15) is 22.4 Å². The minimum atomic E-state index is -4.38. The molecule has 1 aromatic carbocycles. The number of Topliss-reactive ketones (excluding diaryl/α,β-unsaturated/α-hetero) is 1. The number of pyridine rings is 1. The first-order valence-electron chi connectivity index (χ1n) is 8.63. The number of rotatable bonds is 7. The predicted molar refractivity (Wildman–Crippen MR) is 94.8 cm³/mol. The second kappa shape index (κ2) is 8.42. The van der Waals surface area contributed by atoms with Crippen LogP contribution >= 0.6 is 0 Å². The molecule has 0 saturated carbocycles. The van der Waals surface area contributed by atoms with Gasteiger partial charge in [-0.05, 0) is 37.3 Å². The Morgan fingerprint density at radius 3 is 2.48 bits per heavy atom. The molecule has 0 unspecified atom stereocenters. The molecule has 3 rings (SSSR count). The molecule has 0 aliphatic heterocycles. The maximum atomic E-state index is 13.1. The molecule has 152 valence electrons. The number of ketones is 1. The summed E-state index contributed by atoms with van der Waals surface area (Å²) < 4.78 is 60.6. The Labute approximate surface area is 163 Å². The molecular weight excluding hydrogens is 392 g/mol. The molecule has 3 aromatic rings. The molecule has 29 heavy (non-hydrogen) atoms. The van der Waals surface area contributed by atoms with Gasteiger partial charge in [0.2, 0.25) is 5.88 Å². The van der Waals surface area contributed by atoms with Gasteiger partial charge < -0.3 is 9.26 Å². The van der Waals surface area contributed by atoms with Crippen molar-refractivity contribution in [1.29, 1.82) is 0 Å². The van der Waals surface area contributed by atoms with Gasteiger partial charge in [0.25, 0.3) is 0 Å². The molecule has 0 saturated heterocycles. The fourth-order valence-corrected chi connectivity index (χ4v) is 2.57. The third kappa shape index (κ3) is 5.40. The lowest BCUT2D eigenvalue weighted by atomic mass is 10.1. The number of aromatic nitrogens is 2. The summed E-state index contributed by atoms with van der Waals surface area (Å²) in [6.07, 6.45) is -5.02. The number of hydrogen-bond donors (Lipinski definition) is 0. The maximum absolute atomic E-state index is 13.1. The fourth-order valence-electron chi connectivity index (χ4n) is 2.57. The van der Waals surface area contributed by atoms with E-state index in [-0.39, 0.29) is 23.9 Å². The van der Waals surface area contributed by atoms with Gasteiger partial charge in [0.1, 0.15) is 23.9 Å². The van der Waals surface area contributed by atoms with E-state index in [1.54, 1.807) is 19.1 Å². The number of hydrogen-bond acceptors (Lipinski definition) is 5. The highest BCUT2D eigenvalue weighted by atomic mass is 19.4. The Hall–Kier alpha value is -3.23. The Morgan fingerprint density at radius 2 is 1.86 bits per heavy atom. The second-order valence-electron chi connectivity index (χ2n) is 6.28. The molecule has 0 spiro atoms. The van der Waals surface area contributed by atoms with Gasteiger partial charge in [0.05, 0.1) is 12.0 Å². The zero-order valence-electron chi connectivity index (χ0n) is 15.3. The van der Waals surface area contributed by atoms with Crippen molar-refractivity contribution in [3.8, 4) is 17.1 Å². The average molecular weight is 408 g/mol. The molecule has 0 aliphatic carbocycles. The van der Waals surface area contributed by atoms with Crippen molar-refractivity contribution in [2.75, 3.05) is 0 Å². The van der Waals surface area contributed by atoms with Crippen molar-refractivity contribution in [3.63, 3.8) is 0 Å². The molecule has 0 radical (unpaired) electrons. The summed E-state index contributed by atoms with van der Waals surface area (Å²) >= 11 is 0. The number of halogens is 4. The van der Waals surface area contributed by atoms with Gasteiger partial charge in [-0.25, -0.2) is 9.37 Å². The van der Waals surface area contributed by atoms with Crippen molar-refractivity contribution in [1.82, 2.24) is 10.1 Å². The van der Waals surface area contributed by atoms with Crippen molar-refractivity contribution in [2.45, 2.75) is 32.5 Å². The zero-order chi connectivity index (χ0) is 21.0. The molecular formula is C20H16F4N2O3. The van der Waals surface area contributed by atoms with Crippen LogP contribution in [0, 0.1) is 12.7 Å². The molecule has 0 amide bonds. The van der Waals surface area contributed by atoms with E-state index < -0.39 is 24.8 Å². The van der Waals surface area contributed by atoms with E-state index >= 15 is 0 Å². The summed E-state index contributed by atoms with van der Waals surface area (Å²) in [5, 5.41) is 3.97. The van der Waals surface area contributed by atoms with Crippen LogP contribution in [-0.2, 0) is 6.61 Å². The Morgan fingerprint density at radius 1 is 1.14 bits per heavy atom. The zero-order valence-corrected chi connectivity index (χ0v) is 15.3. The maximum Gasteiger partial charge on any atom is 0.389 e. The first-order chi connectivity index (χ1) is 13.7. The minimum absolute atomic E-state index is 0.0520. The Bertz CT molecular complexity index is 980. The van der Waals surface area contributed by atoms with Gasteiger partial charge in [0, 0.05) is 29.8 Å². The highest BCUT2D eigenvalue weighted by Crippen LogP contribution is 2.27. The molecule has 0 aliphatic rings. The third-order valence-electron chi connectivity index (χ3n) is 4.16. The van der Waals surface area contributed by atoms with Crippen LogP contribution in [0.15, 0.2) is 47.1 Å². The number of benzene rings is 1. The highest BCUT2D eigenvalue weighted by molar-refractivity contribution is 5.95. The Balaban J connectivity index is 1.66. The van der Waals surface area contributed by atoms with Crippen LogP contribution in [0.2, 0.25) is 0 Å². The topological polar surface area (TPSA) is 65.2 Å². The molecule has 0 atom stereocenters. The number of carbonyl (C=O) groups is 1. The second-order valence-corrected chi connectivity index (χ2v) is 6.28. The number of alkyl halides is 3. The standard InChI is InChI=1S/C20H16F4N2O3/c1-12-16(19(26-29-12)13-2-5-15(21)6-3-13)11-28-18-7-4-14(10-25-18)17(27)8-9-20(22,23)24/h2-7,10H,8-9,11H2,1H3. The van der Waals surface area contributed by atoms with Crippen molar-refractivity contribution >= 4 is 5.78 Å². The van der Waals surface area contributed by atoms with Crippen LogP contribution in [0.25, 0.3) is 11.3 Å². The Kier molecular flexibility index (Phi) is 5.95. The summed E-state index contributed by atoms with van der Waals surface area (Å²) in [5.74, 6) is -0.318. The number of carbonyl (C=O) groups excluding carboxylic acids is 1. The van der Waals surface area contributed by atoms with E-state index in [2.05, 4.69) is 10.1 Å². The monoisotopic (exact) mass is 408 g/mol. The van der Waals surface area contributed by atoms with Gasteiger partial charge in [0.15, 0.2) is 5.78 Å². The first kappa shape index (κ1) is 20.5. The summed E-state index contributed by atoms with van der Waals surface area (Å²) in [5.41, 5.74) is 1.88. The van der Waals surface area contributed by atoms with Gasteiger partial charge in [-0.15, -0.1) is 0 Å². The van der Waals surface area contributed by atoms with Crippen molar-refractivity contribution in [3.05, 3.63) is 65.3 Å². The third-order valence-corrected chi connectivity index (χ3v) is 4.16. The van der Waals surface area contributed by atoms with Crippen LogP contribution in [0.5, 0.6) is 5.88 Å². The molecule has 0 bridgehead atoms. The summed E-state index contributed by atoms with van der Waals surface area (Å²) in [6.45, 7) is 1.75. The number of ether oxygens (including phenoxy) is 1. The van der Waals surface area contributed by atoms with Crippen molar-refractivity contribution in [2.24, 2.45) is 0 Å². The minimum Gasteiger partial charge on any atom is -0.473 e. The molecule has 9 heteroatoms. The summed E-state index contributed by atoms with van der Waals surface area (Å²) in [7, 11) is 0. The number of aryl methyl sites for hydroxylation is 1. The fraction of sp³-hybridized carbons (Fsp3) is 0.250. The van der Waals surface area contributed by atoms with Gasteiger partial charge >= 0.3 is 6.18 Å². The van der Waals surface area contributed by atoms with Crippen LogP contribution in [-0.4, -0.2) is 22.1 Å². The molecule has 5 nitrogen and oxygen atoms in total. The van der Waals surface area contributed by atoms with Gasteiger partial charge in [-0.2, -0.15) is 13.2 Å². The quantitative estimate of drug-likeness (QED) is 0.393. The summed E-state index contributed by atoms with van der Waals surface area (Å²) in [4.78, 5) is 15.8. The largest absolute Gasteiger partial charge is 0.473 e. The van der Waals surface area contributed by atoms with Crippen LogP contribution in [0.1, 0.15) is 34.5 Å². The molecule has 2 heterocycles.